The average molecular weight is 389 g/mol. The van der Waals surface area contributed by atoms with E-state index in [1.807, 2.05) is 0 Å². The molecule has 0 atom stereocenters. The lowest BCUT2D eigenvalue weighted by Crippen LogP contribution is -2.22. The highest BCUT2D eigenvalue weighted by atomic mass is 32.2. The lowest BCUT2D eigenvalue weighted by molar-refractivity contribution is -0.121. The first-order valence-corrected chi connectivity index (χ1v) is 8.98. The molecule has 1 saturated heterocycles. The van der Waals surface area contributed by atoms with Gasteiger partial charge in [0.25, 0.3) is 5.91 Å². The van der Waals surface area contributed by atoms with Crippen molar-refractivity contribution in [3.8, 4) is 11.5 Å². The number of halogens is 1. The molecule has 0 aromatic heterocycles. The summed E-state index contributed by atoms with van der Waals surface area (Å²) in [6.45, 7) is 0.0941. The number of thiocarbonyl (C=S) groups is 1. The van der Waals surface area contributed by atoms with Crippen molar-refractivity contribution in [2.24, 2.45) is 0 Å². The minimum Gasteiger partial charge on any atom is -0.493 e. The first kappa shape index (κ1) is 18.4. The molecule has 1 aliphatic rings. The normalized spacial score (nSPS) is 15.7. The molecular formula is C19H16FNO3S2. The number of likely N-dealkylation sites (N-methyl/N-ethyl adjacent to an activating group) is 1. The van der Waals surface area contributed by atoms with Crippen LogP contribution in [0.1, 0.15) is 11.1 Å². The molecule has 1 heterocycles. The second kappa shape index (κ2) is 7.88. The second-order valence-electron chi connectivity index (χ2n) is 5.53. The molecule has 0 bridgehead atoms. The van der Waals surface area contributed by atoms with E-state index in [9.17, 15) is 9.18 Å². The zero-order valence-corrected chi connectivity index (χ0v) is 15.8. The van der Waals surface area contributed by atoms with Gasteiger partial charge in [-0.05, 0) is 29.8 Å². The van der Waals surface area contributed by atoms with E-state index in [4.69, 9.17) is 21.7 Å². The van der Waals surface area contributed by atoms with Gasteiger partial charge in [0.2, 0.25) is 0 Å². The zero-order chi connectivity index (χ0) is 18.7. The summed E-state index contributed by atoms with van der Waals surface area (Å²) < 4.78 is 25.3. The molecule has 4 nitrogen and oxygen atoms in total. The molecule has 0 unspecified atom stereocenters. The summed E-state index contributed by atoms with van der Waals surface area (Å²) in [5.41, 5.74) is 1.25. The number of carbonyl (C=O) groups is 1. The Hall–Kier alpha value is -2.38. The highest BCUT2D eigenvalue weighted by molar-refractivity contribution is 8.26. The molecule has 0 radical (unpaired) electrons. The van der Waals surface area contributed by atoms with Crippen molar-refractivity contribution in [2.75, 3.05) is 14.2 Å². The van der Waals surface area contributed by atoms with E-state index in [1.54, 1.807) is 49.5 Å². The van der Waals surface area contributed by atoms with Crippen LogP contribution < -0.4 is 9.47 Å². The van der Waals surface area contributed by atoms with Gasteiger partial charge in [-0.3, -0.25) is 9.69 Å². The average Bonchev–Trinajstić information content (AvgIpc) is 2.88. The standard InChI is InChI=1S/C19H16FNO3S2/c1-21-18(22)17(26-19(21)25)10-12-7-8-15(16(9-12)23-2)24-11-13-5-3-4-6-14(13)20/h3-10H,11H2,1-2H3/b17-10+. The van der Waals surface area contributed by atoms with Crippen LogP contribution in [-0.4, -0.2) is 29.3 Å². The van der Waals surface area contributed by atoms with E-state index in [0.29, 0.717) is 26.3 Å². The van der Waals surface area contributed by atoms with E-state index in [0.717, 1.165) is 5.56 Å². The summed E-state index contributed by atoms with van der Waals surface area (Å²) >= 11 is 6.38. The summed E-state index contributed by atoms with van der Waals surface area (Å²) in [7, 11) is 3.18. The van der Waals surface area contributed by atoms with Gasteiger partial charge >= 0.3 is 0 Å². The molecule has 7 heteroatoms. The van der Waals surface area contributed by atoms with Crippen molar-refractivity contribution in [3.05, 3.63) is 64.3 Å². The number of amides is 1. The van der Waals surface area contributed by atoms with Crippen LogP contribution >= 0.6 is 24.0 Å². The Balaban J connectivity index is 1.79. The smallest absolute Gasteiger partial charge is 0.265 e. The Kier molecular flexibility index (Phi) is 5.58. The van der Waals surface area contributed by atoms with Crippen molar-refractivity contribution in [1.29, 1.82) is 0 Å². The van der Waals surface area contributed by atoms with Gasteiger partial charge in [-0.25, -0.2) is 4.39 Å². The van der Waals surface area contributed by atoms with E-state index in [1.165, 1.54) is 29.8 Å². The predicted molar refractivity (Wildman–Crippen MR) is 105 cm³/mol. The highest BCUT2D eigenvalue weighted by Gasteiger charge is 2.28. The Morgan fingerprint density at radius 3 is 2.65 bits per heavy atom. The van der Waals surface area contributed by atoms with E-state index >= 15 is 0 Å². The van der Waals surface area contributed by atoms with Crippen LogP contribution in [0.25, 0.3) is 6.08 Å². The summed E-state index contributed by atoms with van der Waals surface area (Å²) in [5, 5.41) is 0. The Morgan fingerprint density at radius 1 is 1.23 bits per heavy atom. The molecule has 0 aliphatic carbocycles. The Morgan fingerprint density at radius 2 is 2.00 bits per heavy atom. The molecule has 1 amide bonds. The lowest BCUT2D eigenvalue weighted by Gasteiger charge is -2.12. The third-order valence-electron chi connectivity index (χ3n) is 3.81. The van der Waals surface area contributed by atoms with Gasteiger partial charge < -0.3 is 9.47 Å². The van der Waals surface area contributed by atoms with E-state index < -0.39 is 0 Å². The van der Waals surface area contributed by atoms with Crippen molar-refractivity contribution < 1.29 is 18.7 Å². The van der Waals surface area contributed by atoms with E-state index in [2.05, 4.69) is 0 Å². The molecule has 0 spiro atoms. The Bertz CT molecular complexity index is 898. The van der Waals surface area contributed by atoms with Crippen LogP contribution in [0.15, 0.2) is 47.4 Å². The third-order valence-corrected chi connectivity index (χ3v) is 5.30. The molecule has 3 rings (SSSR count). The number of hydrogen-bond acceptors (Lipinski definition) is 5. The van der Waals surface area contributed by atoms with Crippen LogP contribution in [0.3, 0.4) is 0 Å². The highest BCUT2D eigenvalue weighted by Crippen LogP contribution is 2.34. The molecule has 134 valence electrons. The first-order chi connectivity index (χ1) is 12.5. The van der Waals surface area contributed by atoms with Gasteiger partial charge in [-0.1, -0.05) is 48.2 Å². The maximum atomic E-state index is 13.7. The first-order valence-electron chi connectivity index (χ1n) is 7.75. The van der Waals surface area contributed by atoms with Crippen molar-refractivity contribution in [2.45, 2.75) is 6.61 Å². The molecule has 26 heavy (non-hydrogen) atoms. The minimum absolute atomic E-state index is 0.0941. The monoisotopic (exact) mass is 389 g/mol. The number of methoxy groups -OCH3 is 1. The number of hydrogen-bond donors (Lipinski definition) is 0. The molecule has 2 aromatic rings. The zero-order valence-electron chi connectivity index (χ0n) is 14.2. The summed E-state index contributed by atoms with van der Waals surface area (Å²) in [6.07, 6.45) is 1.76. The van der Waals surface area contributed by atoms with Gasteiger partial charge in [0.1, 0.15) is 16.7 Å². The maximum absolute atomic E-state index is 13.7. The fourth-order valence-corrected chi connectivity index (χ4v) is 3.54. The van der Waals surface area contributed by atoms with Crippen LogP contribution in [0.5, 0.6) is 11.5 Å². The van der Waals surface area contributed by atoms with Crippen molar-refractivity contribution in [3.63, 3.8) is 0 Å². The number of carbonyl (C=O) groups excluding carboxylic acids is 1. The fourth-order valence-electron chi connectivity index (χ4n) is 2.36. The minimum atomic E-state index is -0.315. The number of ether oxygens (including phenoxy) is 2. The van der Waals surface area contributed by atoms with Gasteiger partial charge in [0, 0.05) is 12.6 Å². The maximum Gasteiger partial charge on any atom is 0.265 e. The molecule has 0 saturated carbocycles. The molecule has 2 aromatic carbocycles. The number of rotatable bonds is 5. The van der Waals surface area contributed by atoms with Gasteiger partial charge in [0.05, 0.1) is 12.0 Å². The predicted octanol–water partition coefficient (Wildman–Crippen LogP) is 4.24. The molecule has 0 N–H and O–H groups in total. The van der Waals surface area contributed by atoms with Crippen LogP contribution in [0, 0.1) is 5.82 Å². The van der Waals surface area contributed by atoms with Gasteiger partial charge in [-0.2, -0.15) is 0 Å². The summed E-state index contributed by atoms with van der Waals surface area (Å²) in [6, 6.07) is 11.8. The quantitative estimate of drug-likeness (QED) is 0.565. The van der Waals surface area contributed by atoms with Crippen LogP contribution in [0.2, 0.25) is 0 Å². The third kappa shape index (κ3) is 3.89. The summed E-state index contributed by atoms with van der Waals surface area (Å²) in [5.74, 6) is 0.557. The van der Waals surface area contributed by atoms with Crippen molar-refractivity contribution in [1.82, 2.24) is 4.90 Å². The lowest BCUT2D eigenvalue weighted by atomic mass is 10.1. The van der Waals surface area contributed by atoms with Crippen LogP contribution in [0.4, 0.5) is 4.39 Å². The topological polar surface area (TPSA) is 38.8 Å². The van der Waals surface area contributed by atoms with Crippen molar-refractivity contribution >= 4 is 40.3 Å². The molecule has 1 aliphatic heterocycles. The number of benzene rings is 2. The second-order valence-corrected chi connectivity index (χ2v) is 7.21. The van der Waals surface area contributed by atoms with Gasteiger partial charge in [0.15, 0.2) is 11.5 Å². The van der Waals surface area contributed by atoms with Gasteiger partial charge in [-0.15, -0.1) is 0 Å². The molecule has 1 fully saturated rings. The Labute approximate surface area is 160 Å². The largest absolute Gasteiger partial charge is 0.493 e. The van der Waals surface area contributed by atoms with E-state index in [-0.39, 0.29) is 18.3 Å². The number of thioether (sulfide) groups is 1. The fraction of sp³-hybridized carbons (Fsp3) is 0.158. The summed E-state index contributed by atoms with van der Waals surface area (Å²) in [4.78, 5) is 14.1. The number of nitrogens with zero attached hydrogens (tertiary/aromatic N) is 1. The molecular weight excluding hydrogens is 373 g/mol. The SMILES string of the molecule is COc1cc(/C=C2/SC(=S)N(C)C2=O)ccc1OCc1ccccc1F. The van der Waals surface area contributed by atoms with Crippen LogP contribution in [-0.2, 0) is 11.4 Å².